The van der Waals surface area contributed by atoms with Crippen LogP contribution >= 0.6 is 11.6 Å². The van der Waals surface area contributed by atoms with Crippen molar-refractivity contribution >= 4 is 40.7 Å². The number of esters is 1. The number of hydrogen-bond donors (Lipinski definition) is 2. The molecule has 1 aliphatic heterocycles. The summed E-state index contributed by atoms with van der Waals surface area (Å²) in [5, 5.41) is 21.2. The summed E-state index contributed by atoms with van der Waals surface area (Å²) < 4.78 is 10.3. The number of hydrogen-bond acceptors (Lipinski definition) is 7. The molecule has 1 amide bonds. The van der Waals surface area contributed by atoms with Crippen LogP contribution in [0.1, 0.15) is 34.5 Å². The van der Waals surface area contributed by atoms with E-state index in [1.165, 1.54) is 60.5 Å². The number of ketones is 1. The van der Waals surface area contributed by atoms with Crippen LogP contribution in [0.25, 0.3) is 5.76 Å². The number of nitrogens with zero attached hydrogens (tertiary/aromatic N) is 1. The molecule has 2 N–H and O–H groups in total. The molecule has 1 fully saturated rings. The third-order valence-electron chi connectivity index (χ3n) is 5.72. The third-order valence-corrected chi connectivity index (χ3v) is 6.05. The number of Topliss-reactive ketones (excluding diaryl/α,β-unsaturated/α-hetero) is 1. The van der Waals surface area contributed by atoms with Gasteiger partial charge >= 0.3 is 5.97 Å². The molecule has 8 nitrogen and oxygen atoms in total. The maximum Gasteiger partial charge on any atom is 0.338 e. The minimum Gasteiger partial charge on any atom is -0.508 e. The van der Waals surface area contributed by atoms with Gasteiger partial charge in [0.2, 0.25) is 0 Å². The molecule has 0 saturated carbocycles. The second kappa shape index (κ2) is 10.1. The van der Waals surface area contributed by atoms with Crippen LogP contribution in [0, 0.1) is 0 Å². The van der Waals surface area contributed by atoms with Gasteiger partial charge in [0.05, 0.1) is 35.9 Å². The van der Waals surface area contributed by atoms with Crippen LogP contribution < -0.4 is 9.64 Å². The molecule has 1 unspecified atom stereocenters. The van der Waals surface area contributed by atoms with Crippen molar-refractivity contribution in [1.29, 1.82) is 0 Å². The van der Waals surface area contributed by atoms with Gasteiger partial charge in [-0.3, -0.25) is 14.5 Å². The number of carbonyl (C=O) groups is 3. The molecule has 1 atom stereocenters. The third kappa shape index (κ3) is 4.50. The lowest BCUT2D eigenvalue weighted by atomic mass is 9.95. The summed E-state index contributed by atoms with van der Waals surface area (Å²) >= 11 is 6.32. The maximum absolute atomic E-state index is 13.3. The first-order chi connectivity index (χ1) is 17.3. The van der Waals surface area contributed by atoms with Gasteiger partial charge in [0, 0.05) is 11.3 Å². The van der Waals surface area contributed by atoms with E-state index in [0.29, 0.717) is 11.3 Å². The van der Waals surface area contributed by atoms with Gasteiger partial charge in [0.25, 0.3) is 11.7 Å². The summed E-state index contributed by atoms with van der Waals surface area (Å²) in [5.41, 5.74) is 0.780. The molecule has 0 aliphatic carbocycles. The van der Waals surface area contributed by atoms with Crippen molar-refractivity contribution in [2.75, 3.05) is 18.6 Å². The monoisotopic (exact) mass is 507 g/mol. The van der Waals surface area contributed by atoms with Crippen LogP contribution in [-0.4, -0.2) is 41.6 Å². The van der Waals surface area contributed by atoms with E-state index >= 15 is 0 Å². The number of anilines is 1. The molecule has 1 aliphatic rings. The number of methoxy groups -OCH3 is 1. The average molecular weight is 508 g/mol. The van der Waals surface area contributed by atoms with Crippen LogP contribution in [0.15, 0.2) is 72.3 Å². The summed E-state index contributed by atoms with van der Waals surface area (Å²) in [4.78, 5) is 40.1. The van der Waals surface area contributed by atoms with E-state index in [0.717, 1.165) is 0 Å². The minimum atomic E-state index is -1.08. The molecule has 0 spiro atoms. The van der Waals surface area contributed by atoms with Gasteiger partial charge in [0.15, 0.2) is 0 Å². The molecular formula is C27H22ClNO7. The molecular weight excluding hydrogens is 486 g/mol. The van der Waals surface area contributed by atoms with Crippen LogP contribution in [0.4, 0.5) is 5.69 Å². The predicted octanol–water partition coefficient (Wildman–Crippen LogP) is 4.86. The molecule has 184 valence electrons. The number of benzene rings is 3. The first-order valence-electron chi connectivity index (χ1n) is 11.0. The standard InChI is InChI=1S/C27H22ClNO7/c1-3-36-27(34)16-5-4-6-17(13-16)29-23(15-7-9-18(30)10-8-15)22(25(32)26(29)33)24(31)20-14-19(35-2)11-12-21(20)28/h4-14,23,30-31H,3H2,1-2H3/b24-22+. The topological polar surface area (TPSA) is 113 Å². The van der Waals surface area contributed by atoms with Gasteiger partial charge < -0.3 is 19.7 Å². The van der Waals surface area contributed by atoms with Crippen molar-refractivity contribution in [3.05, 3.63) is 94.0 Å². The number of halogens is 1. The van der Waals surface area contributed by atoms with Crippen molar-refractivity contribution in [1.82, 2.24) is 0 Å². The predicted molar refractivity (Wildman–Crippen MR) is 133 cm³/mol. The zero-order chi connectivity index (χ0) is 26.0. The van der Waals surface area contributed by atoms with Gasteiger partial charge in [-0.2, -0.15) is 0 Å². The van der Waals surface area contributed by atoms with E-state index in [4.69, 9.17) is 21.1 Å². The number of rotatable bonds is 6. The van der Waals surface area contributed by atoms with E-state index in [9.17, 15) is 24.6 Å². The number of phenols is 1. The minimum absolute atomic E-state index is 0.0177. The Morgan fingerprint density at radius 3 is 2.44 bits per heavy atom. The number of amides is 1. The van der Waals surface area contributed by atoms with E-state index in [-0.39, 0.29) is 39.8 Å². The van der Waals surface area contributed by atoms with Crippen LogP contribution in [0.3, 0.4) is 0 Å². The largest absolute Gasteiger partial charge is 0.508 e. The normalized spacial score (nSPS) is 16.8. The fourth-order valence-corrected chi connectivity index (χ4v) is 4.23. The summed E-state index contributed by atoms with van der Waals surface area (Å²) in [7, 11) is 1.44. The van der Waals surface area contributed by atoms with Gasteiger partial charge in [-0.25, -0.2) is 4.79 Å². The van der Waals surface area contributed by atoms with Gasteiger partial charge in [-0.05, 0) is 61.0 Å². The molecule has 3 aromatic rings. The second-order valence-corrected chi connectivity index (χ2v) is 8.28. The Morgan fingerprint density at radius 2 is 1.78 bits per heavy atom. The maximum atomic E-state index is 13.3. The lowest BCUT2D eigenvalue weighted by Crippen LogP contribution is -2.29. The highest BCUT2D eigenvalue weighted by atomic mass is 35.5. The van der Waals surface area contributed by atoms with Crippen molar-refractivity contribution in [2.45, 2.75) is 13.0 Å². The highest BCUT2D eigenvalue weighted by Gasteiger charge is 2.47. The van der Waals surface area contributed by atoms with E-state index in [1.807, 2.05) is 0 Å². The first-order valence-corrected chi connectivity index (χ1v) is 11.4. The highest BCUT2D eigenvalue weighted by molar-refractivity contribution is 6.52. The van der Waals surface area contributed by atoms with Crippen LogP contribution in [0.2, 0.25) is 5.02 Å². The SMILES string of the molecule is CCOC(=O)c1cccc(N2C(=O)C(=O)/C(=C(/O)c3cc(OC)ccc3Cl)C2c2ccc(O)cc2)c1. The number of phenolic OH excluding ortho intramolecular Hbond substituents is 1. The number of aromatic hydroxyl groups is 1. The Bertz CT molecular complexity index is 1380. The summed E-state index contributed by atoms with van der Waals surface area (Å²) in [6.07, 6.45) is 0. The van der Waals surface area contributed by atoms with Crippen LogP contribution in [-0.2, 0) is 14.3 Å². The Labute approximate surface area is 211 Å². The molecule has 1 heterocycles. The molecule has 1 saturated heterocycles. The van der Waals surface area contributed by atoms with E-state index in [1.54, 1.807) is 25.1 Å². The zero-order valence-corrected chi connectivity index (χ0v) is 20.2. The first kappa shape index (κ1) is 24.8. The van der Waals surface area contributed by atoms with Crippen molar-refractivity contribution in [2.24, 2.45) is 0 Å². The van der Waals surface area contributed by atoms with Crippen molar-refractivity contribution in [3.63, 3.8) is 0 Å². The average Bonchev–Trinajstić information content (AvgIpc) is 3.15. The van der Waals surface area contributed by atoms with Gasteiger partial charge in [-0.15, -0.1) is 0 Å². The Kier molecular flexibility index (Phi) is 6.98. The van der Waals surface area contributed by atoms with Gasteiger partial charge in [-0.1, -0.05) is 29.8 Å². The molecule has 0 radical (unpaired) electrons. The zero-order valence-electron chi connectivity index (χ0n) is 19.4. The molecule has 4 rings (SSSR count). The lowest BCUT2D eigenvalue weighted by Gasteiger charge is -2.26. The number of aliphatic hydroxyl groups is 1. The highest BCUT2D eigenvalue weighted by Crippen LogP contribution is 2.43. The van der Waals surface area contributed by atoms with Crippen LogP contribution in [0.5, 0.6) is 11.5 Å². The lowest BCUT2D eigenvalue weighted by molar-refractivity contribution is -0.132. The Hall–Kier alpha value is -4.30. The Morgan fingerprint density at radius 1 is 1.06 bits per heavy atom. The summed E-state index contributed by atoms with van der Waals surface area (Å²) in [6, 6.07) is 15.5. The Balaban J connectivity index is 1.94. The molecule has 3 aromatic carbocycles. The number of ether oxygens (including phenoxy) is 2. The van der Waals surface area contributed by atoms with E-state index in [2.05, 4.69) is 0 Å². The molecule has 0 bridgehead atoms. The molecule has 9 heteroatoms. The number of aliphatic hydroxyl groups excluding tert-OH is 1. The van der Waals surface area contributed by atoms with Crippen molar-refractivity contribution < 1.29 is 34.1 Å². The fraction of sp³-hybridized carbons (Fsp3) is 0.148. The van der Waals surface area contributed by atoms with Gasteiger partial charge in [0.1, 0.15) is 17.3 Å². The summed E-state index contributed by atoms with van der Waals surface area (Å²) in [5.74, 6) is -2.55. The fourth-order valence-electron chi connectivity index (χ4n) is 4.03. The quantitative estimate of drug-likeness (QED) is 0.212. The van der Waals surface area contributed by atoms with E-state index < -0.39 is 29.5 Å². The number of carbonyl (C=O) groups excluding carboxylic acids is 3. The summed E-state index contributed by atoms with van der Waals surface area (Å²) in [6.45, 7) is 1.84. The smallest absolute Gasteiger partial charge is 0.338 e. The second-order valence-electron chi connectivity index (χ2n) is 7.88. The molecule has 0 aromatic heterocycles. The van der Waals surface area contributed by atoms with Crippen molar-refractivity contribution in [3.8, 4) is 11.5 Å². The molecule has 36 heavy (non-hydrogen) atoms.